The molecular weight excluding hydrogens is 298 g/mol. The quantitative estimate of drug-likeness (QED) is 0.936. The Labute approximate surface area is 112 Å². The van der Waals surface area contributed by atoms with Crippen molar-refractivity contribution in [1.29, 1.82) is 5.26 Å². The Bertz CT molecular complexity index is 559. The standard InChI is InChI=1S/C12H10BrN3S/c1-8-7-17-12(15-8)11(6-14)16-10-5-3-2-4-9(10)13/h2-5,7,11,16H,1H3. The second-order valence-corrected chi connectivity index (χ2v) is 5.26. The molecule has 0 aliphatic rings. The zero-order valence-corrected chi connectivity index (χ0v) is 11.5. The molecular formula is C12H10BrN3S. The summed E-state index contributed by atoms with van der Waals surface area (Å²) in [4.78, 5) is 4.33. The van der Waals surface area contributed by atoms with Crippen molar-refractivity contribution in [2.45, 2.75) is 13.0 Å². The van der Waals surface area contributed by atoms with Crippen LogP contribution < -0.4 is 5.32 Å². The van der Waals surface area contributed by atoms with Crippen molar-refractivity contribution in [3.05, 3.63) is 44.8 Å². The number of halogens is 1. The zero-order chi connectivity index (χ0) is 12.3. The highest BCUT2D eigenvalue weighted by Gasteiger charge is 2.14. The minimum atomic E-state index is -0.410. The molecule has 1 unspecified atom stereocenters. The number of hydrogen-bond donors (Lipinski definition) is 1. The number of aryl methyl sites for hydroxylation is 1. The van der Waals surface area contributed by atoms with Crippen LogP contribution in [0, 0.1) is 18.3 Å². The summed E-state index contributed by atoms with van der Waals surface area (Å²) in [6.07, 6.45) is 0. The summed E-state index contributed by atoms with van der Waals surface area (Å²) in [5.74, 6) is 0. The van der Waals surface area contributed by atoms with E-state index in [1.807, 2.05) is 36.6 Å². The normalized spacial score (nSPS) is 11.8. The average Bonchev–Trinajstić information content (AvgIpc) is 2.75. The topological polar surface area (TPSA) is 48.7 Å². The number of anilines is 1. The van der Waals surface area contributed by atoms with Crippen LogP contribution in [0.15, 0.2) is 34.1 Å². The van der Waals surface area contributed by atoms with Gasteiger partial charge in [-0.2, -0.15) is 5.26 Å². The maximum absolute atomic E-state index is 9.18. The molecule has 0 saturated heterocycles. The number of hydrogen-bond acceptors (Lipinski definition) is 4. The van der Waals surface area contributed by atoms with E-state index in [4.69, 9.17) is 0 Å². The summed E-state index contributed by atoms with van der Waals surface area (Å²) in [6.45, 7) is 1.92. The third-order valence-corrected chi connectivity index (χ3v) is 3.91. The van der Waals surface area contributed by atoms with Gasteiger partial charge in [-0.25, -0.2) is 4.98 Å². The van der Waals surface area contributed by atoms with Crippen molar-refractivity contribution >= 4 is 33.0 Å². The highest BCUT2D eigenvalue weighted by atomic mass is 79.9. The molecule has 0 spiro atoms. The minimum Gasteiger partial charge on any atom is -0.363 e. The molecule has 1 aromatic carbocycles. The summed E-state index contributed by atoms with van der Waals surface area (Å²) in [7, 11) is 0. The van der Waals surface area contributed by atoms with Gasteiger partial charge in [0, 0.05) is 21.2 Å². The number of nitrogens with one attached hydrogen (secondary N) is 1. The summed E-state index contributed by atoms with van der Waals surface area (Å²) < 4.78 is 0.938. The van der Waals surface area contributed by atoms with Gasteiger partial charge < -0.3 is 5.32 Å². The smallest absolute Gasteiger partial charge is 0.167 e. The molecule has 0 aliphatic carbocycles. The number of rotatable bonds is 3. The van der Waals surface area contributed by atoms with E-state index in [0.717, 1.165) is 20.9 Å². The molecule has 0 saturated carbocycles. The second kappa shape index (κ2) is 5.30. The molecule has 17 heavy (non-hydrogen) atoms. The number of thiazole rings is 1. The van der Waals surface area contributed by atoms with Gasteiger partial charge in [0.2, 0.25) is 0 Å². The molecule has 0 radical (unpaired) electrons. The molecule has 1 aromatic heterocycles. The van der Waals surface area contributed by atoms with Gasteiger partial charge in [0.15, 0.2) is 6.04 Å². The lowest BCUT2D eigenvalue weighted by molar-refractivity contribution is 0.961. The van der Waals surface area contributed by atoms with Gasteiger partial charge in [-0.3, -0.25) is 0 Å². The number of benzene rings is 1. The van der Waals surface area contributed by atoms with Crippen LogP contribution in [0.2, 0.25) is 0 Å². The maximum Gasteiger partial charge on any atom is 0.167 e. The van der Waals surface area contributed by atoms with Gasteiger partial charge in [-0.15, -0.1) is 11.3 Å². The van der Waals surface area contributed by atoms with E-state index in [2.05, 4.69) is 32.3 Å². The first kappa shape index (κ1) is 12.1. The largest absolute Gasteiger partial charge is 0.363 e. The Kier molecular flexibility index (Phi) is 3.77. The van der Waals surface area contributed by atoms with Crippen LogP contribution in [0.25, 0.3) is 0 Å². The lowest BCUT2D eigenvalue weighted by Gasteiger charge is -2.11. The molecule has 2 aromatic rings. The fraction of sp³-hybridized carbons (Fsp3) is 0.167. The summed E-state index contributed by atoms with van der Waals surface area (Å²) >= 11 is 4.94. The Morgan fingerprint density at radius 2 is 2.24 bits per heavy atom. The first-order chi connectivity index (χ1) is 8.20. The molecule has 86 valence electrons. The van der Waals surface area contributed by atoms with Gasteiger partial charge in [-0.1, -0.05) is 12.1 Å². The van der Waals surface area contributed by atoms with E-state index >= 15 is 0 Å². The van der Waals surface area contributed by atoms with Crippen LogP contribution in [0.1, 0.15) is 16.7 Å². The van der Waals surface area contributed by atoms with Crippen molar-refractivity contribution in [1.82, 2.24) is 4.98 Å². The monoisotopic (exact) mass is 307 g/mol. The van der Waals surface area contributed by atoms with Gasteiger partial charge in [0.1, 0.15) is 5.01 Å². The van der Waals surface area contributed by atoms with Crippen molar-refractivity contribution in [2.24, 2.45) is 0 Å². The lowest BCUT2D eigenvalue weighted by atomic mass is 10.2. The average molecular weight is 308 g/mol. The van der Waals surface area contributed by atoms with Crippen molar-refractivity contribution < 1.29 is 0 Å². The van der Waals surface area contributed by atoms with Gasteiger partial charge in [0.05, 0.1) is 6.07 Å². The maximum atomic E-state index is 9.18. The first-order valence-corrected chi connectivity index (χ1v) is 6.70. The minimum absolute atomic E-state index is 0.410. The van der Waals surface area contributed by atoms with Crippen LogP contribution in [0.5, 0.6) is 0 Å². The molecule has 5 heteroatoms. The number of aromatic nitrogens is 1. The molecule has 1 N–H and O–H groups in total. The Hall–Kier alpha value is -1.38. The molecule has 3 nitrogen and oxygen atoms in total. The first-order valence-electron chi connectivity index (χ1n) is 5.03. The third kappa shape index (κ3) is 2.84. The second-order valence-electron chi connectivity index (χ2n) is 3.51. The summed E-state index contributed by atoms with van der Waals surface area (Å²) in [6, 6.07) is 9.53. The van der Waals surface area contributed by atoms with E-state index in [-0.39, 0.29) is 0 Å². The van der Waals surface area contributed by atoms with E-state index in [1.165, 1.54) is 11.3 Å². The number of nitriles is 1. The molecule has 0 bridgehead atoms. The fourth-order valence-electron chi connectivity index (χ4n) is 1.39. The van der Waals surface area contributed by atoms with E-state index in [9.17, 15) is 5.26 Å². The van der Waals surface area contributed by atoms with Crippen molar-refractivity contribution in [2.75, 3.05) is 5.32 Å². The van der Waals surface area contributed by atoms with Crippen LogP contribution in [0.3, 0.4) is 0 Å². The predicted octanol–water partition coefficient (Wildman–Crippen LogP) is 3.89. The molecule has 0 fully saturated rings. The summed E-state index contributed by atoms with van der Waals surface area (Å²) in [5.41, 5.74) is 1.84. The highest BCUT2D eigenvalue weighted by Crippen LogP contribution is 2.27. The lowest BCUT2D eigenvalue weighted by Crippen LogP contribution is -2.08. The number of para-hydroxylation sites is 1. The van der Waals surface area contributed by atoms with Crippen LogP contribution >= 0.6 is 27.3 Å². The molecule has 2 rings (SSSR count). The number of nitrogens with zero attached hydrogens (tertiary/aromatic N) is 2. The van der Waals surface area contributed by atoms with E-state index in [0.29, 0.717) is 0 Å². The van der Waals surface area contributed by atoms with Gasteiger partial charge in [-0.05, 0) is 35.0 Å². The van der Waals surface area contributed by atoms with E-state index < -0.39 is 6.04 Å². The Morgan fingerprint density at radius 1 is 1.47 bits per heavy atom. The summed E-state index contributed by atoms with van der Waals surface area (Å²) in [5, 5.41) is 15.1. The molecule has 0 amide bonds. The highest BCUT2D eigenvalue weighted by molar-refractivity contribution is 9.10. The van der Waals surface area contributed by atoms with Crippen molar-refractivity contribution in [3.63, 3.8) is 0 Å². The van der Waals surface area contributed by atoms with Crippen LogP contribution in [-0.4, -0.2) is 4.98 Å². The third-order valence-electron chi connectivity index (χ3n) is 2.19. The van der Waals surface area contributed by atoms with Crippen LogP contribution in [0.4, 0.5) is 5.69 Å². The zero-order valence-electron chi connectivity index (χ0n) is 9.14. The fourth-order valence-corrected chi connectivity index (χ4v) is 2.58. The van der Waals surface area contributed by atoms with Crippen molar-refractivity contribution in [3.8, 4) is 6.07 Å². The predicted molar refractivity (Wildman–Crippen MR) is 73.0 cm³/mol. The SMILES string of the molecule is Cc1csc(C(C#N)Nc2ccccc2Br)n1. The van der Waals surface area contributed by atoms with Gasteiger partial charge >= 0.3 is 0 Å². The Balaban J connectivity index is 2.22. The molecule has 1 heterocycles. The molecule has 0 aliphatic heterocycles. The van der Waals surface area contributed by atoms with Gasteiger partial charge in [0.25, 0.3) is 0 Å². The molecule has 1 atom stereocenters. The Morgan fingerprint density at radius 3 is 2.82 bits per heavy atom. The van der Waals surface area contributed by atoms with E-state index in [1.54, 1.807) is 0 Å². The van der Waals surface area contributed by atoms with Crippen LogP contribution in [-0.2, 0) is 0 Å².